The predicted molar refractivity (Wildman–Crippen MR) is 66.9 cm³/mol. The number of oxime groups is 1. The molecule has 0 fully saturated rings. The van der Waals surface area contributed by atoms with Crippen molar-refractivity contribution in [3.63, 3.8) is 0 Å². The molecule has 0 amide bonds. The predicted octanol–water partition coefficient (Wildman–Crippen LogP) is 2.37. The molecule has 17 heavy (non-hydrogen) atoms. The summed E-state index contributed by atoms with van der Waals surface area (Å²) in [5.41, 5.74) is -0.0501. The van der Waals surface area contributed by atoms with Crippen LogP contribution in [0.15, 0.2) is 17.3 Å². The zero-order chi connectivity index (χ0) is 13.1. The first-order chi connectivity index (χ1) is 7.99. The van der Waals surface area contributed by atoms with Crippen LogP contribution in [0.1, 0.15) is 39.0 Å². The van der Waals surface area contributed by atoms with E-state index in [1.54, 1.807) is 12.1 Å². The molecule has 0 aromatic carbocycles. The molecular weight excluding hydrogens is 240 g/mol. The summed E-state index contributed by atoms with van der Waals surface area (Å²) >= 11 is 0. The van der Waals surface area contributed by atoms with Gasteiger partial charge in [0.05, 0.1) is 6.26 Å². The van der Waals surface area contributed by atoms with E-state index in [4.69, 9.17) is 5.26 Å². The molecule has 0 aliphatic heterocycles. The lowest BCUT2D eigenvalue weighted by Gasteiger charge is -1.94. The fourth-order valence-corrected chi connectivity index (χ4v) is 1.30. The van der Waals surface area contributed by atoms with Crippen LogP contribution in [0.4, 0.5) is 0 Å². The molecule has 0 heterocycles. The Labute approximate surface area is 103 Å². The van der Waals surface area contributed by atoms with Crippen molar-refractivity contribution in [1.82, 2.24) is 0 Å². The van der Waals surface area contributed by atoms with Crippen LogP contribution in [0.2, 0.25) is 0 Å². The smallest absolute Gasteiger partial charge is 0.267 e. The van der Waals surface area contributed by atoms with Gasteiger partial charge in [0.2, 0.25) is 0 Å². The lowest BCUT2D eigenvalue weighted by Crippen LogP contribution is -1.99. The molecule has 0 aromatic heterocycles. The van der Waals surface area contributed by atoms with E-state index in [2.05, 4.69) is 16.4 Å². The van der Waals surface area contributed by atoms with Crippen molar-refractivity contribution in [1.29, 1.82) is 5.26 Å². The summed E-state index contributed by atoms with van der Waals surface area (Å²) in [5.74, 6) is 0. The van der Waals surface area contributed by atoms with Crippen molar-refractivity contribution < 1.29 is 12.7 Å². The molecule has 0 aliphatic carbocycles. The zero-order valence-corrected chi connectivity index (χ0v) is 11.0. The molecule has 0 N–H and O–H groups in total. The monoisotopic (exact) mass is 258 g/mol. The van der Waals surface area contributed by atoms with Crippen molar-refractivity contribution in [2.75, 3.05) is 6.26 Å². The maximum Gasteiger partial charge on any atom is 0.325 e. The third-order valence-electron chi connectivity index (χ3n) is 1.89. The molecule has 0 aromatic rings. The summed E-state index contributed by atoms with van der Waals surface area (Å²) in [5, 5.41) is 11.9. The second kappa shape index (κ2) is 8.76. The van der Waals surface area contributed by atoms with E-state index in [1.165, 1.54) is 18.9 Å². The van der Waals surface area contributed by atoms with Gasteiger partial charge in [0.25, 0.3) is 0 Å². The number of hydrogen-bond donors (Lipinski definition) is 0. The number of nitriles is 1. The van der Waals surface area contributed by atoms with Gasteiger partial charge >= 0.3 is 10.1 Å². The molecule has 96 valence electrons. The second-order valence-corrected chi connectivity index (χ2v) is 5.18. The minimum absolute atomic E-state index is 0.0501. The fraction of sp³-hybridized carbons (Fsp3) is 0.636. The van der Waals surface area contributed by atoms with Crippen molar-refractivity contribution in [3.8, 4) is 6.07 Å². The van der Waals surface area contributed by atoms with Crippen LogP contribution in [0.5, 0.6) is 0 Å². The molecule has 5 nitrogen and oxygen atoms in total. The van der Waals surface area contributed by atoms with Gasteiger partial charge < -0.3 is 0 Å². The van der Waals surface area contributed by atoms with E-state index in [0.717, 1.165) is 25.5 Å². The first-order valence-electron chi connectivity index (χ1n) is 5.53. The highest BCUT2D eigenvalue weighted by molar-refractivity contribution is 7.85. The Kier molecular flexibility index (Phi) is 8.07. The molecule has 0 atom stereocenters. The van der Waals surface area contributed by atoms with Gasteiger partial charge in [-0.1, -0.05) is 37.4 Å². The van der Waals surface area contributed by atoms with Gasteiger partial charge in [-0.25, -0.2) is 0 Å². The van der Waals surface area contributed by atoms with Crippen LogP contribution in [-0.2, 0) is 14.4 Å². The Morgan fingerprint density at radius 3 is 2.65 bits per heavy atom. The van der Waals surface area contributed by atoms with Gasteiger partial charge in [-0.2, -0.15) is 13.7 Å². The maximum atomic E-state index is 10.6. The van der Waals surface area contributed by atoms with E-state index < -0.39 is 10.1 Å². The van der Waals surface area contributed by atoms with Gasteiger partial charge in [0, 0.05) is 0 Å². The van der Waals surface area contributed by atoms with Crippen molar-refractivity contribution >= 4 is 15.8 Å². The molecule has 0 bridgehead atoms. The number of hydrogen-bond acceptors (Lipinski definition) is 5. The van der Waals surface area contributed by atoms with E-state index in [1.807, 2.05) is 0 Å². The molecule has 0 rings (SSSR count). The molecular formula is C11H18N2O3S. The standard InChI is InChI=1S/C11H18N2O3S/c1-3-4-5-6-7-8-9-11(10-12)13-16-17(2,14)15/h8-9H,3-7H2,1-2H3. The third-order valence-corrected chi connectivity index (χ3v) is 2.23. The minimum Gasteiger partial charge on any atom is -0.267 e. The topological polar surface area (TPSA) is 79.5 Å². The highest BCUT2D eigenvalue weighted by atomic mass is 32.2. The first kappa shape index (κ1) is 15.7. The summed E-state index contributed by atoms with van der Waals surface area (Å²) in [7, 11) is -3.64. The van der Waals surface area contributed by atoms with Gasteiger partial charge in [-0.15, -0.1) is 0 Å². The number of unbranched alkanes of at least 4 members (excludes halogenated alkanes) is 4. The Morgan fingerprint density at radius 1 is 1.41 bits per heavy atom. The highest BCUT2D eigenvalue weighted by Crippen LogP contribution is 2.03. The first-order valence-corrected chi connectivity index (χ1v) is 7.34. The molecule has 0 saturated heterocycles. The second-order valence-electron chi connectivity index (χ2n) is 3.62. The van der Waals surface area contributed by atoms with Crippen molar-refractivity contribution in [2.24, 2.45) is 5.16 Å². The molecule has 6 heteroatoms. The minimum atomic E-state index is -3.64. The average Bonchev–Trinajstić information content (AvgIpc) is 2.26. The van der Waals surface area contributed by atoms with E-state index in [-0.39, 0.29) is 5.71 Å². The molecule has 0 spiro atoms. The Hall–Kier alpha value is -1.35. The van der Waals surface area contributed by atoms with E-state index in [0.29, 0.717) is 0 Å². The normalized spacial score (nSPS) is 12.6. The summed E-state index contributed by atoms with van der Waals surface area (Å²) < 4.78 is 25.4. The quantitative estimate of drug-likeness (QED) is 0.380. The van der Waals surface area contributed by atoms with E-state index >= 15 is 0 Å². The van der Waals surface area contributed by atoms with Crippen molar-refractivity contribution in [3.05, 3.63) is 12.2 Å². The van der Waals surface area contributed by atoms with Gasteiger partial charge in [-0.3, -0.25) is 4.28 Å². The SMILES string of the molecule is CCCCCCC=CC(C#N)=NOS(C)(=O)=O. The van der Waals surface area contributed by atoms with E-state index in [9.17, 15) is 8.42 Å². The maximum absolute atomic E-state index is 10.6. The molecule has 0 aliphatic rings. The molecule has 0 radical (unpaired) electrons. The molecule has 0 saturated carbocycles. The Bertz CT molecular complexity index is 405. The summed E-state index contributed by atoms with van der Waals surface area (Å²) in [6.45, 7) is 2.14. The van der Waals surface area contributed by atoms with Gasteiger partial charge in [-0.05, 0) is 18.9 Å². The summed E-state index contributed by atoms with van der Waals surface area (Å²) in [4.78, 5) is 0. The Balaban J connectivity index is 4.05. The van der Waals surface area contributed by atoms with Crippen LogP contribution in [0, 0.1) is 11.3 Å². The number of nitrogens with zero attached hydrogens (tertiary/aromatic N) is 2. The van der Waals surface area contributed by atoms with Crippen LogP contribution in [0.25, 0.3) is 0 Å². The largest absolute Gasteiger partial charge is 0.325 e. The lowest BCUT2D eigenvalue weighted by molar-refractivity contribution is 0.344. The lowest BCUT2D eigenvalue weighted by atomic mass is 10.1. The number of allylic oxidation sites excluding steroid dienone is 2. The third kappa shape index (κ3) is 10.9. The number of rotatable bonds is 8. The van der Waals surface area contributed by atoms with Crippen LogP contribution in [-0.4, -0.2) is 20.4 Å². The zero-order valence-electron chi connectivity index (χ0n) is 10.2. The molecule has 0 unspecified atom stereocenters. The van der Waals surface area contributed by atoms with Crippen LogP contribution in [0.3, 0.4) is 0 Å². The van der Waals surface area contributed by atoms with Crippen molar-refractivity contribution in [2.45, 2.75) is 39.0 Å². The van der Waals surface area contributed by atoms with Crippen LogP contribution < -0.4 is 0 Å². The Morgan fingerprint density at radius 2 is 2.12 bits per heavy atom. The van der Waals surface area contributed by atoms with Gasteiger partial charge in [0.1, 0.15) is 6.07 Å². The average molecular weight is 258 g/mol. The fourth-order valence-electron chi connectivity index (χ4n) is 1.08. The van der Waals surface area contributed by atoms with Gasteiger partial charge in [0.15, 0.2) is 5.71 Å². The summed E-state index contributed by atoms with van der Waals surface area (Å²) in [6, 6.07) is 1.75. The summed E-state index contributed by atoms with van der Waals surface area (Å²) in [6.07, 6.45) is 9.57. The van der Waals surface area contributed by atoms with Crippen LogP contribution >= 0.6 is 0 Å². The highest BCUT2D eigenvalue weighted by Gasteiger charge is 2.00.